The highest BCUT2D eigenvalue weighted by Gasteiger charge is 2.31. The lowest BCUT2D eigenvalue weighted by Gasteiger charge is -2.38. The third-order valence-corrected chi connectivity index (χ3v) is 4.15. The van der Waals surface area contributed by atoms with Crippen LogP contribution < -0.4 is 5.32 Å². The molecule has 2 fully saturated rings. The van der Waals surface area contributed by atoms with E-state index in [1.807, 2.05) is 0 Å². The first-order valence-corrected chi connectivity index (χ1v) is 6.22. The summed E-state index contributed by atoms with van der Waals surface area (Å²) < 4.78 is 0. The highest BCUT2D eigenvalue weighted by atomic mass is 15.2. The Kier molecular flexibility index (Phi) is 3.45. The Morgan fingerprint density at radius 1 is 1.14 bits per heavy atom. The van der Waals surface area contributed by atoms with E-state index in [2.05, 4.69) is 24.2 Å². The van der Waals surface area contributed by atoms with Crippen LogP contribution in [0.4, 0.5) is 0 Å². The van der Waals surface area contributed by atoms with E-state index in [9.17, 15) is 0 Å². The molecule has 2 rings (SSSR count). The number of likely N-dealkylation sites (tertiary alicyclic amines) is 1. The number of rotatable bonds is 2. The van der Waals surface area contributed by atoms with Crippen molar-refractivity contribution in [2.45, 2.75) is 51.1 Å². The first kappa shape index (κ1) is 10.4. The number of nitrogens with one attached hydrogen (secondary N) is 1. The van der Waals surface area contributed by atoms with Crippen LogP contribution >= 0.6 is 0 Å². The van der Waals surface area contributed by atoms with Crippen LogP contribution in [-0.2, 0) is 0 Å². The molecule has 1 saturated heterocycles. The third kappa shape index (κ3) is 2.12. The molecule has 0 amide bonds. The van der Waals surface area contributed by atoms with Gasteiger partial charge in [-0.2, -0.15) is 0 Å². The van der Waals surface area contributed by atoms with E-state index in [1.165, 1.54) is 45.2 Å². The zero-order valence-electron chi connectivity index (χ0n) is 9.63. The second kappa shape index (κ2) is 4.63. The zero-order valence-corrected chi connectivity index (χ0v) is 9.63. The first-order valence-electron chi connectivity index (χ1n) is 6.22. The van der Waals surface area contributed by atoms with Crippen LogP contribution in [0.3, 0.4) is 0 Å². The smallest absolute Gasteiger partial charge is 0.0192 e. The Hall–Kier alpha value is -0.0800. The molecule has 0 radical (unpaired) electrons. The van der Waals surface area contributed by atoms with Crippen molar-refractivity contribution in [2.24, 2.45) is 5.92 Å². The van der Waals surface area contributed by atoms with Crippen molar-refractivity contribution < 1.29 is 0 Å². The van der Waals surface area contributed by atoms with Crippen LogP contribution in [0, 0.1) is 5.92 Å². The SMILES string of the molecule is CNC1CCCN(C2CCCC2C)C1. The molecule has 3 atom stereocenters. The number of hydrogen-bond donors (Lipinski definition) is 1. The average molecular weight is 196 g/mol. The maximum Gasteiger partial charge on any atom is 0.0192 e. The molecule has 1 N–H and O–H groups in total. The van der Waals surface area contributed by atoms with Crippen LogP contribution in [0.15, 0.2) is 0 Å². The molecule has 0 spiro atoms. The Morgan fingerprint density at radius 3 is 2.64 bits per heavy atom. The molecule has 0 bridgehead atoms. The van der Waals surface area contributed by atoms with Gasteiger partial charge in [-0.15, -0.1) is 0 Å². The molecule has 1 saturated carbocycles. The molecule has 3 unspecified atom stereocenters. The van der Waals surface area contributed by atoms with E-state index < -0.39 is 0 Å². The second-order valence-corrected chi connectivity index (χ2v) is 5.10. The summed E-state index contributed by atoms with van der Waals surface area (Å²) in [6.07, 6.45) is 7.10. The molecule has 1 aliphatic heterocycles. The second-order valence-electron chi connectivity index (χ2n) is 5.10. The Bertz CT molecular complexity index is 181. The largest absolute Gasteiger partial charge is 0.316 e. The molecule has 0 aromatic rings. The fourth-order valence-corrected chi connectivity index (χ4v) is 3.21. The van der Waals surface area contributed by atoms with Crippen molar-refractivity contribution in [3.05, 3.63) is 0 Å². The first-order chi connectivity index (χ1) is 6.81. The quantitative estimate of drug-likeness (QED) is 0.725. The van der Waals surface area contributed by atoms with Crippen LogP contribution in [0.5, 0.6) is 0 Å². The number of nitrogens with zero attached hydrogens (tertiary/aromatic N) is 1. The van der Waals surface area contributed by atoms with Crippen molar-refractivity contribution in [3.63, 3.8) is 0 Å². The van der Waals surface area contributed by atoms with Gasteiger partial charge in [0, 0.05) is 18.6 Å². The topological polar surface area (TPSA) is 15.3 Å². The van der Waals surface area contributed by atoms with Crippen molar-refractivity contribution in [2.75, 3.05) is 20.1 Å². The minimum Gasteiger partial charge on any atom is -0.316 e. The zero-order chi connectivity index (χ0) is 9.97. The summed E-state index contributed by atoms with van der Waals surface area (Å²) in [6, 6.07) is 1.64. The van der Waals surface area contributed by atoms with Gasteiger partial charge in [-0.3, -0.25) is 4.90 Å². The summed E-state index contributed by atoms with van der Waals surface area (Å²) in [4.78, 5) is 2.74. The highest BCUT2D eigenvalue weighted by Crippen LogP contribution is 2.31. The molecule has 1 heterocycles. The van der Waals surface area contributed by atoms with Gasteiger partial charge in [0.1, 0.15) is 0 Å². The lowest BCUT2D eigenvalue weighted by atomic mass is 9.99. The molecule has 0 aromatic carbocycles. The number of hydrogen-bond acceptors (Lipinski definition) is 2. The molecular weight excluding hydrogens is 172 g/mol. The van der Waals surface area contributed by atoms with E-state index in [4.69, 9.17) is 0 Å². The third-order valence-electron chi connectivity index (χ3n) is 4.15. The minimum atomic E-state index is 0.747. The van der Waals surface area contributed by atoms with Gasteiger partial charge in [-0.05, 0) is 45.2 Å². The predicted molar refractivity (Wildman–Crippen MR) is 60.5 cm³/mol. The molecule has 2 aliphatic rings. The van der Waals surface area contributed by atoms with E-state index in [0.717, 1.165) is 18.0 Å². The summed E-state index contributed by atoms with van der Waals surface area (Å²) in [6.45, 7) is 5.05. The molecule has 1 aliphatic carbocycles. The fraction of sp³-hybridized carbons (Fsp3) is 1.00. The van der Waals surface area contributed by atoms with Crippen molar-refractivity contribution in [1.29, 1.82) is 0 Å². The van der Waals surface area contributed by atoms with Crippen LogP contribution in [0.1, 0.15) is 39.0 Å². The Morgan fingerprint density at radius 2 is 2.00 bits per heavy atom. The summed E-state index contributed by atoms with van der Waals surface area (Å²) in [5.41, 5.74) is 0. The summed E-state index contributed by atoms with van der Waals surface area (Å²) in [5.74, 6) is 0.936. The van der Waals surface area contributed by atoms with Gasteiger partial charge < -0.3 is 5.32 Å². The van der Waals surface area contributed by atoms with Crippen molar-refractivity contribution in [1.82, 2.24) is 10.2 Å². The van der Waals surface area contributed by atoms with E-state index in [1.54, 1.807) is 0 Å². The standard InChI is InChI=1S/C12H24N2/c1-10-5-3-7-12(10)14-8-4-6-11(9-14)13-2/h10-13H,3-9H2,1-2H3. The van der Waals surface area contributed by atoms with Gasteiger partial charge in [0.25, 0.3) is 0 Å². The van der Waals surface area contributed by atoms with Gasteiger partial charge in [-0.1, -0.05) is 13.3 Å². The summed E-state index contributed by atoms with van der Waals surface area (Å²) in [7, 11) is 2.10. The maximum atomic E-state index is 3.43. The van der Waals surface area contributed by atoms with Crippen LogP contribution in [0.2, 0.25) is 0 Å². The van der Waals surface area contributed by atoms with Gasteiger partial charge in [0.05, 0.1) is 0 Å². The van der Waals surface area contributed by atoms with Gasteiger partial charge in [-0.25, -0.2) is 0 Å². The molecule has 0 aromatic heterocycles. The summed E-state index contributed by atoms with van der Waals surface area (Å²) in [5, 5.41) is 3.43. The van der Waals surface area contributed by atoms with Gasteiger partial charge in [0.15, 0.2) is 0 Å². The monoisotopic (exact) mass is 196 g/mol. The van der Waals surface area contributed by atoms with Gasteiger partial charge in [0.2, 0.25) is 0 Å². The predicted octanol–water partition coefficient (Wildman–Crippen LogP) is 1.86. The van der Waals surface area contributed by atoms with Crippen molar-refractivity contribution >= 4 is 0 Å². The molecular formula is C12H24N2. The molecule has 2 heteroatoms. The maximum absolute atomic E-state index is 3.43. The molecule has 14 heavy (non-hydrogen) atoms. The Labute approximate surface area is 88.1 Å². The lowest BCUT2D eigenvalue weighted by Crippen LogP contribution is -2.49. The van der Waals surface area contributed by atoms with Crippen LogP contribution in [0.25, 0.3) is 0 Å². The summed E-state index contributed by atoms with van der Waals surface area (Å²) >= 11 is 0. The normalized spacial score (nSPS) is 40.3. The van der Waals surface area contributed by atoms with E-state index in [-0.39, 0.29) is 0 Å². The van der Waals surface area contributed by atoms with Crippen LogP contribution in [-0.4, -0.2) is 37.1 Å². The fourth-order valence-electron chi connectivity index (χ4n) is 3.21. The molecule has 2 nitrogen and oxygen atoms in total. The van der Waals surface area contributed by atoms with Crippen molar-refractivity contribution in [3.8, 4) is 0 Å². The molecule has 82 valence electrons. The van der Waals surface area contributed by atoms with E-state index in [0.29, 0.717) is 0 Å². The number of likely N-dealkylation sites (N-methyl/N-ethyl adjacent to an activating group) is 1. The average Bonchev–Trinajstić information content (AvgIpc) is 2.65. The van der Waals surface area contributed by atoms with E-state index >= 15 is 0 Å². The Balaban J connectivity index is 1.90. The van der Waals surface area contributed by atoms with Gasteiger partial charge >= 0.3 is 0 Å². The highest BCUT2D eigenvalue weighted by molar-refractivity contribution is 4.87. The lowest BCUT2D eigenvalue weighted by molar-refractivity contribution is 0.119. The number of piperidine rings is 1. The minimum absolute atomic E-state index is 0.747.